The Morgan fingerprint density at radius 2 is 2.15 bits per heavy atom. The maximum Gasteiger partial charge on any atom is 0.341 e. The van der Waals surface area contributed by atoms with Gasteiger partial charge in [-0.15, -0.1) is 0 Å². The lowest BCUT2D eigenvalue weighted by atomic mass is 10.1. The smallest absolute Gasteiger partial charge is 0.341 e. The molecule has 4 nitrogen and oxygen atoms in total. The van der Waals surface area contributed by atoms with Crippen molar-refractivity contribution in [3.8, 4) is 0 Å². The summed E-state index contributed by atoms with van der Waals surface area (Å²) in [4.78, 5) is 11.5. The largest absolute Gasteiger partial charge is 0.465 e. The van der Waals surface area contributed by atoms with E-state index in [9.17, 15) is 4.79 Å². The fourth-order valence-corrected chi connectivity index (χ4v) is 2.03. The molecule has 1 aromatic heterocycles. The third kappa shape index (κ3) is 3.20. The molecule has 1 N–H and O–H groups in total. The number of nitrogens with one attached hydrogen (secondary N) is 1. The van der Waals surface area contributed by atoms with E-state index in [4.69, 9.17) is 9.15 Å². The number of carbonyl (C=O) groups is 1. The number of anilines is 1. The highest BCUT2D eigenvalue weighted by Crippen LogP contribution is 2.18. The highest BCUT2D eigenvalue weighted by atomic mass is 16.5. The summed E-state index contributed by atoms with van der Waals surface area (Å²) in [6.07, 6.45) is 1.00. The van der Waals surface area contributed by atoms with Crippen molar-refractivity contribution in [3.05, 3.63) is 53.0 Å². The first kappa shape index (κ1) is 14.2. The molecule has 0 bridgehead atoms. The summed E-state index contributed by atoms with van der Waals surface area (Å²) in [6, 6.07) is 9.96. The fraction of sp³-hybridized carbons (Fsp3) is 0.312. The maximum atomic E-state index is 11.5. The van der Waals surface area contributed by atoms with E-state index in [1.807, 2.05) is 12.1 Å². The number of esters is 1. The zero-order valence-corrected chi connectivity index (χ0v) is 12.0. The van der Waals surface area contributed by atoms with Gasteiger partial charge in [-0.05, 0) is 37.1 Å². The van der Waals surface area contributed by atoms with Crippen LogP contribution in [-0.4, -0.2) is 13.1 Å². The van der Waals surface area contributed by atoms with Crippen LogP contribution in [0.1, 0.15) is 34.4 Å². The average Bonchev–Trinajstić information content (AvgIpc) is 2.85. The molecule has 0 amide bonds. The van der Waals surface area contributed by atoms with E-state index in [-0.39, 0.29) is 5.97 Å². The van der Waals surface area contributed by atoms with Gasteiger partial charge in [-0.2, -0.15) is 0 Å². The van der Waals surface area contributed by atoms with Crippen LogP contribution in [-0.2, 0) is 17.7 Å². The number of benzene rings is 1. The third-order valence-corrected chi connectivity index (χ3v) is 3.18. The Balaban J connectivity index is 2.05. The van der Waals surface area contributed by atoms with Gasteiger partial charge in [0.1, 0.15) is 17.1 Å². The predicted molar refractivity (Wildman–Crippen MR) is 77.9 cm³/mol. The number of rotatable bonds is 5. The van der Waals surface area contributed by atoms with Crippen LogP contribution in [0.2, 0.25) is 0 Å². The molecule has 1 heterocycles. The molecule has 0 aliphatic carbocycles. The van der Waals surface area contributed by atoms with Crippen molar-refractivity contribution in [1.82, 2.24) is 0 Å². The van der Waals surface area contributed by atoms with Crippen LogP contribution in [0.15, 0.2) is 34.7 Å². The maximum absolute atomic E-state index is 11.5. The van der Waals surface area contributed by atoms with Gasteiger partial charge < -0.3 is 14.5 Å². The van der Waals surface area contributed by atoms with Crippen molar-refractivity contribution < 1.29 is 13.9 Å². The second-order valence-corrected chi connectivity index (χ2v) is 4.58. The van der Waals surface area contributed by atoms with Gasteiger partial charge >= 0.3 is 5.97 Å². The van der Waals surface area contributed by atoms with Crippen molar-refractivity contribution in [2.45, 2.75) is 26.8 Å². The minimum absolute atomic E-state index is 0.370. The van der Waals surface area contributed by atoms with E-state index < -0.39 is 0 Å². The van der Waals surface area contributed by atoms with Crippen molar-refractivity contribution in [3.63, 3.8) is 0 Å². The molecule has 4 heteroatoms. The van der Waals surface area contributed by atoms with Crippen LogP contribution in [0.3, 0.4) is 0 Å². The summed E-state index contributed by atoms with van der Waals surface area (Å²) < 4.78 is 10.3. The van der Waals surface area contributed by atoms with Gasteiger partial charge in [0, 0.05) is 5.69 Å². The number of aryl methyl sites for hydroxylation is 2. The van der Waals surface area contributed by atoms with Crippen LogP contribution in [0.4, 0.5) is 5.69 Å². The highest BCUT2D eigenvalue weighted by Gasteiger charge is 2.14. The van der Waals surface area contributed by atoms with Crippen LogP contribution in [0, 0.1) is 6.92 Å². The van der Waals surface area contributed by atoms with E-state index in [0.717, 1.165) is 12.1 Å². The zero-order chi connectivity index (χ0) is 14.5. The lowest BCUT2D eigenvalue weighted by Gasteiger charge is -2.05. The molecule has 106 valence electrons. The van der Waals surface area contributed by atoms with Gasteiger partial charge in [0.2, 0.25) is 0 Å². The van der Waals surface area contributed by atoms with Crippen LogP contribution in [0.25, 0.3) is 0 Å². The van der Waals surface area contributed by atoms with Crippen LogP contribution < -0.4 is 5.32 Å². The lowest BCUT2D eigenvalue weighted by molar-refractivity contribution is 0.0599. The normalized spacial score (nSPS) is 10.3. The van der Waals surface area contributed by atoms with Crippen molar-refractivity contribution in [1.29, 1.82) is 0 Å². The number of carbonyl (C=O) groups excluding carboxylic acids is 1. The molecular formula is C16H19NO3. The van der Waals surface area contributed by atoms with E-state index in [1.54, 1.807) is 13.0 Å². The second-order valence-electron chi connectivity index (χ2n) is 4.58. The Morgan fingerprint density at radius 1 is 1.35 bits per heavy atom. The predicted octanol–water partition coefficient (Wildman–Crippen LogP) is 3.55. The Morgan fingerprint density at radius 3 is 2.85 bits per heavy atom. The minimum atomic E-state index is -0.370. The van der Waals surface area contributed by atoms with Gasteiger partial charge in [0.15, 0.2) is 0 Å². The second kappa shape index (κ2) is 6.28. The summed E-state index contributed by atoms with van der Waals surface area (Å²) in [5, 5.41) is 3.29. The molecule has 0 radical (unpaired) electrons. The molecule has 0 fully saturated rings. The summed E-state index contributed by atoms with van der Waals surface area (Å²) in [5.41, 5.74) is 2.80. The number of furan rings is 1. The zero-order valence-electron chi connectivity index (χ0n) is 12.0. The van der Waals surface area contributed by atoms with Gasteiger partial charge in [0.25, 0.3) is 0 Å². The first-order chi connectivity index (χ1) is 9.63. The van der Waals surface area contributed by atoms with Crippen LogP contribution in [0.5, 0.6) is 0 Å². The summed E-state index contributed by atoms with van der Waals surface area (Å²) in [7, 11) is 1.36. The SMILES string of the molecule is CCc1cccc(NCc2cc(C(=O)OC)c(C)o2)c1. The summed E-state index contributed by atoms with van der Waals surface area (Å²) in [5.74, 6) is 0.922. The third-order valence-electron chi connectivity index (χ3n) is 3.18. The molecule has 0 aliphatic rings. The number of hydrogen-bond donors (Lipinski definition) is 1. The molecule has 0 aliphatic heterocycles. The molecular weight excluding hydrogens is 254 g/mol. The van der Waals surface area contributed by atoms with E-state index >= 15 is 0 Å². The molecule has 0 spiro atoms. The standard InChI is InChI=1S/C16H19NO3/c1-4-12-6-5-7-13(8-12)17-10-14-9-15(11(2)20-14)16(18)19-3/h5-9,17H,4,10H2,1-3H3. The van der Waals surface area contributed by atoms with Crippen molar-refractivity contribution >= 4 is 11.7 Å². The van der Waals surface area contributed by atoms with Gasteiger partial charge in [-0.3, -0.25) is 0 Å². The summed E-state index contributed by atoms with van der Waals surface area (Å²) in [6.45, 7) is 4.41. The average molecular weight is 273 g/mol. The number of ether oxygens (including phenoxy) is 1. The molecule has 0 unspecified atom stereocenters. The Kier molecular flexibility index (Phi) is 4.45. The molecule has 0 saturated carbocycles. The molecule has 2 aromatic rings. The molecule has 0 atom stereocenters. The quantitative estimate of drug-likeness (QED) is 0.846. The Labute approximate surface area is 118 Å². The van der Waals surface area contributed by atoms with E-state index in [1.165, 1.54) is 12.7 Å². The topological polar surface area (TPSA) is 51.5 Å². The number of hydrogen-bond acceptors (Lipinski definition) is 4. The molecule has 1 aromatic carbocycles. The van der Waals surface area contributed by atoms with Crippen molar-refractivity contribution in [2.24, 2.45) is 0 Å². The summed E-state index contributed by atoms with van der Waals surface area (Å²) >= 11 is 0. The first-order valence-electron chi connectivity index (χ1n) is 6.64. The minimum Gasteiger partial charge on any atom is -0.465 e. The van der Waals surface area contributed by atoms with Gasteiger partial charge in [-0.25, -0.2) is 4.79 Å². The van der Waals surface area contributed by atoms with Crippen LogP contribution >= 0.6 is 0 Å². The number of methoxy groups -OCH3 is 1. The molecule has 0 saturated heterocycles. The monoisotopic (exact) mass is 273 g/mol. The highest BCUT2D eigenvalue weighted by molar-refractivity contribution is 5.90. The molecule has 2 rings (SSSR count). The van der Waals surface area contributed by atoms with E-state index in [0.29, 0.717) is 23.6 Å². The van der Waals surface area contributed by atoms with Gasteiger partial charge in [-0.1, -0.05) is 19.1 Å². The van der Waals surface area contributed by atoms with E-state index in [2.05, 4.69) is 24.4 Å². The van der Waals surface area contributed by atoms with Gasteiger partial charge in [0.05, 0.1) is 13.7 Å². The van der Waals surface area contributed by atoms with Crippen molar-refractivity contribution in [2.75, 3.05) is 12.4 Å². The molecule has 20 heavy (non-hydrogen) atoms. The Bertz CT molecular complexity index is 602. The lowest BCUT2D eigenvalue weighted by Crippen LogP contribution is -2.01. The Hall–Kier alpha value is -2.23. The first-order valence-corrected chi connectivity index (χ1v) is 6.64. The fourth-order valence-electron chi connectivity index (χ4n) is 2.03.